The summed E-state index contributed by atoms with van der Waals surface area (Å²) < 4.78 is 10.8. The number of aromatic nitrogens is 2. The van der Waals surface area contributed by atoms with Gasteiger partial charge in [0.05, 0.1) is 12.4 Å². The Kier molecular flexibility index (Phi) is 17.3. The van der Waals surface area contributed by atoms with E-state index in [-0.39, 0.29) is 35.8 Å². The molecule has 2 radical (unpaired) electrons. The van der Waals surface area contributed by atoms with Crippen molar-refractivity contribution in [2.24, 2.45) is 11.8 Å². The molecule has 2 aromatic heterocycles. The normalized spacial score (nSPS) is 13.8. The summed E-state index contributed by atoms with van der Waals surface area (Å²) in [7, 11) is 6.55. The smallest absolute Gasteiger partial charge is 0.355 e. The van der Waals surface area contributed by atoms with Crippen LogP contribution in [-0.2, 0) is 28.7 Å². The van der Waals surface area contributed by atoms with E-state index in [1.165, 1.54) is 45.4 Å². The summed E-state index contributed by atoms with van der Waals surface area (Å²) in [6.45, 7) is 12.8. The van der Waals surface area contributed by atoms with Gasteiger partial charge < -0.3 is 33.8 Å². The molecule has 1 N–H and O–H groups in total. The van der Waals surface area contributed by atoms with Crippen LogP contribution < -0.4 is 0 Å². The Morgan fingerprint density at radius 3 is 1.55 bits per heavy atom. The summed E-state index contributed by atoms with van der Waals surface area (Å²) in [6.07, 6.45) is 1.44. The van der Waals surface area contributed by atoms with Gasteiger partial charge in [0.15, 0.2) is 17.9 Å². The van der Waals surface area contributed by atoms with E-state index < -0.39 is 18.0 Å². The van der Waals surface area contributed by atoms with Crippen LogP contribution in [0.15, 0.2) is 10.8 Å². The molecule has 0 amide bonds. The van der Waals surface area contributed by atoms with E-state index in [4.69, 9.17) is 14.6 Å². The van der Waals surface area contributed by atoms with Crippen molar-refractivity contribution in [3.8, 4) is 0 Å². The summed E-state index contributed by atoms with van der Waals surface area (Å²) in [5.74, 6) is -1.41. The molecule has 0 saturated heterocycles. The monoisotopic (exact) mass is 648 g/mol. The molecule has 0 spiro atoms. The summed E-state index contributed by atoms with van der Waals surface area (Å²) in [6, 6.07) is 0.0190. The summed E-state index contributed by atoms with van der Waals surface area (Å²) in [5.41, 5.74) is 0.845. The van der Waals surface area contributed by atoms with Crippen molar-refractivity contribution in [1.29, 1.82) is 0 Å². The SMILES string of the molecule is CC(=O)O[C@@H](CC(C(C)C)N(C)[B]C=O)c1nc(C(=O)O)cs1.CC(=O)O[C@H](C[C@@H](C(C)C)N(C)[B]C=O)c1nc(C)cs1. The minimum atomic E-state index is -1.12. The van der Waals surface area contributed by atoms with Crippen LogP contribution in [0.4, 0.5) is 0 Å². The Balaban J connectivity index is 0.000000442. The summed E-state index contributed by atoms with van der Waals surface area (Å²) >= 11 is 2.63. The second kappa shape index (κ2) is 19.4. The van der Waals surface area contributed by atoms with E-state index in [0.29, 0.717) is 30.0 Å². The average Bonchev–Trinajstić information content (AvgIpc) is 3.58. The van der Waals surface area contributed by atoms with Gasteiger partial charge in [-0.1, -0.05) is 27.7 Å². The predicted molar refractivity (Wildman–Crippen MR) is 172 cm³/mol. The molecule has 2 heterocycles. The van der Waals surface area contributed by atoms with Gasteiger partial charge in [-0.25, -0.2) is 14.8 Å². The Labute approximate surface area is 269 Å². The van der Waals surface area contributed by atoms with E-state index in [2.05, 4.69) is 23.8 Å². The van der Waals surface area contributed by atoms with Crippen LogP contribution in [-0.4, -0.2) is 96.0 Å². The molecule has 44 heavy (non-hydrogen) atoms. The third-order valence-electron chi connectivity index (χ3n) is 6.63. The number of nitrogens with zero attached hydrogens (tertiary/aromatic N) is 4. The lowest BCUT2D eigenvalue weighted by Gasteiger charge is -2.32. The lowest BCUT2D eigenvalue weighted by Crippen LogP contribution is -2.40. The van der Waals surface area contributed by atoms with Gasteiger partial charge in [-0.3, -0.25) is 9.59 Å². The van der Waals surface area contributed by atoms with Crippen molar-refractivity contribution in [1.82, 2.24) is 19.6 Å². The molecule has 12 nitrogen and oxygen atoms in total. The molecule has 0 aliphatic heterocycles. The number of aromatic carboxylic acids is 1. The number of aryl methyl sites for hydroxylation is 1. The number of carboxylic acid groups (broad SMARTS) is 1. The quantitative estimate of drug-likeness (QED) is 0.151. The largest absolute Gasteiger partial charge is 0.476 e. The first-order chi connectivity index (χ1) is 20.6. The van der Waals surface area contributed by atoms with Crippen molar-refractivity contribution >= 4 is 67.8 Å². The van der Waals surface area contributed by atoms with Crippen LogP contribution in [0.5, 0.6) is 0 Å². The zero-order valence-corrected chi connectivity index (χ0v) is 28.4. The average molecular weight is 648 g/mol. The molecular formula is C28H42B2N4O8S2. The van der Waals surface area contributed by atoms with Crippen molar-refractivity contribution in [2.45, 2.75) is 85.6 Å². The molecule has 16 heteroatoms. The van der Waals surface area contributed by atoms with Gasteiger partial charge in [0.1, 0.15) is 10.0 Å². The lowest BCUT2D eigenvalue weighted by molar-refractivity contribution is -0.148. The van der Waals surface area contributed by atoms with Gasteiger partial charge in [-0.05, 0) is 32.9 Å². The van der Waals surface area contributed by atoms with Crippen molar-refractivity contribution < 1.29 is 38.6 Å². The zero-order chi connectivity index (χ0) is 33.6. The van der Waals surface area contributed by atoms with E-state index in [0.717, 1.165) is 28.2 Å². The number of carboxylic acids is 1. The van der Waals surface area contributed by atoms with Crippen LogP contribution in [0.3, 0.4) is 0 Å². The topological polar surface area (TPSA) is 156 Å². The van der Waals surface area contributed by atoms with Crippen LogP contribution in [0, 0.1) is 18.8 Å². The number of rotatable bonds is 17. The highest BCUT2D eigenvalue weighted by atomic mass is 32.1. The number of carbonyl (C=O) groups excluding carboxylic acids is 4. The molecule has 1 unspecified atom stereocenters. The molecule has 0 fully saturated rings. The second-order valence-corrected chi connectivity index (χ2v) is 12.7. The number of hydrogen-bond acceptors (Lipinski definition) is 13. The maximum Gasteiger partial charge on any atom is 0.355 e. The van der Waals surface area contributed by atoms with Gasteiger partial charge in [0.25, 0.3) is 14.8 Å². The molecule has 4 atom stereocenters. The highest BCUT2D eigenvalue weighted by Gasteiger charge is 2.29. The van der Waals surface area contributed by atoms with E-state index >= 15 is 0 Å². The zero-order valence-electron chi connectivity index (χ0n) is 26.8. The maximum atomic E-state index is 11.4. The number of carbonyl (C=O) groups is 5. The van der Waals surface area contributed by atoms with Crippen molar-refractivity contribution in [3.05, 3.63) is 32.2 Å². The Hall–Kier alpha value is -2.94. The number of esters is 2. The Morgan fingerprint density at radius 1 is 0.841 bits per heavy atom. The summed E-state index contributed by atoms with van der Waals surface area (Å²) in [5, 5.41) is 13.6. The fraction of sp³-hybridized carbons (Fsp3) is 0.607. The predicted octanol–water partition coefficient (Wildman–Crippen LogP) is 3.81. The molecule has 0 saturated carbocycles. The summed E-state index contributed by atoms with van der Waals surface area (Å²) in [4.78, 5) is 67.2. The Morgan fingerprint density at radius 2 is 1.25 bits per heavy atom. The minimum absolute atomic E-state index is 0.0678. The molecular weight excluding hydrogens is 606 g/mol. The van der Waals surface area contributed by atoms with Gasteiger partial charge in [-0.15, -0.1) is 22.7 Å². The van der Waals surface area contributed by atoms with Crippen molar-refractivity contribution in [3.63, 3.8) is 0 Å². The van der Waals surface area contributed by atoms with Gasteiger partial charge >= 0.3 is 17.9 Å². The maximum absolute atomic E-state index is 11.4. The fourth-order valence-electron chi connectivity index (χ4n) is 4.52. The van der Waals surface area contributed by atoms with Crippen LogP contribution in [0.1, 0.15) is 92.8 Å². The van der Waals surface area contributed by atoms with Crippen LogP contribution in [0.2, 0.25) is 0 Å². The first-order valence-electron chi connectivity index (χ1n) is 14.1. The molecule has 0 aromatic carbocycles. The van der Waals surface area contributed by atoms with Crippen LogP contribution in [0.25, 0.3) is 0 Å². The van der Waals surface area contributed by atoms with E-state index in [9.17, 15) is 24.0 Å². The third kappa shape index (κ3) is 13.4. The minimum Gasteiger partial charge on any atom is -0.476 e. The van der Waals surface area contributed by atoms with Gasteiger partial charge in [-0.2, -0.15) is 0 Å². The third-order valence-corrected chi connectivity index (χ3v) is 8.63. The standard InChI is InChI=1S/C14H20BN2O5S.C14H22BN2O3S/c1-8(2)11(17(4)15-7-18)5-12(22-9(3)19)13-16-10(6-23-13)14(20)21;1-9(2)12(17(5)15-8-18)6-13(20-11(4)19)14-16-10(3)7-21-14/h6-8,11-12H,5H2,1-4H3,(H,20,21);7-9,12-13H,6H2,1-5H3/t11?,12-;12-,13+/m00/s1. The Bertz CT molecular complexity index is 1230. The highest BCUT2D eigenvalue weighted by Crippen LogP contribution is 2.31. The second-order valence-electron chi connectivity index (χ2n) is 10.9. The fourth-order valence-corrected chi connectivity index (χ4v) is 6.19. The van der Waals surface area contributed by atoms with Gasteiger partial charge in [0.2, 0.25) is 0 Å². The first-order valence-corrected chi connectivity index (χ1v) is 15.8. The first kappa shape index (κ1) is 39.1. The van der Waals surface area contributed by atoms with E-state index in [1.807, 2.05) is 38.0 Å². The van der Waals surface area contributed by atoms with Crippen LogP contribution >= 0.6 is 22.7 Å². The van der Waals surface area contributed by atoms with Crippen molar-refractivity contribution in [2.75, 3.05) is 14.1 Å². The molecule has 2 aromatic rings. The van der Waals surface area contributed by atoms with Gasteiger partial charge in [0, 0.05) is 55.2 Å². The molecule has 0 aliphatic carbocycles. The molecule has 2 rings (SSSR count). The number of hydrogen-bond donors (Lipinski definition) is 1. The molecule has 240 valence electrons. The molecule has 0 aliphatic rings. The number of ether oxygens (including phenoxy) is 2. The molecule has 0 bridgehead atoms. The van der Waals surface area contributed by atoms with E-state index in [1.54, 1.807) is 11.9 Å². The highest BCUT2D eigenvalue weighted by molar-refractivity contribution is 7.10. The number of thiazole rings is 2. The lowest BCUT2D eigenvalue weighted by atomic mass is 9.86.